The second-order valence-corrected chi connectivity index (χ2v) is 7.32. The number of anilines is 1. The van der Waals surface area contributed by atoms with Crippen LogP contribution in [0.25, 0.3) is 10.9 Å². The molecule has 7 heteroatoms. The van der Waals surface area contributed by atoms with Gasteiger partial charge in [0.1, 0.15) is 5.82 Å². The molecule has 1 fully saturated rings. The molecule has 1 saturated carbocycles. The van der Waals surface area contributed by atoms with E-state index in [2.05, 4.69) is 10.4 Å². The van der Waals surface area contributed by atoms with E-state index >= 15 is 0 Å². The Kier molecular flexibility index (Phi) is 4.59. The molecule has 0 atom stereocenters. The predicted molar refractivity (Wildman–Crippen MR) is 101 cm³/mol. The summed E-state index contributed by atoms with van der Waals surface area (Å²) in [6.07, 6.45) is 3.71. The van der Waals surface area contributed by atoms with Gasteiger partial charge in [-0.1, -0.05) is 35.7 Å². The quantitative estimate of drug-likeness (QED) is 0.634. The van der Waals surface area contributed by atoms with Gasteiger partial charge in [0.15, 0.2) is 5.15 Å². The Bertz CT molecular complexity index is 978. The number of amides is 1. The fourth-order valence-electron chi connectivity index (χ4n) is 3.19. The normalized spacial score (nSPS) is 14.4. The van der Waals surface area contributed by atoms with E-state index < -0.39 is 11.7 Å². The van der Waals surface area contributed by atoms with Gasteiger partial charge < -0.3 is 5.32 Å². The van der Waals surface area contributed by atoms with Crippen LogP contribution in [0, 0.1) is 11.7 Å². The predicted octanol–water partition coefficient (Wildman–Crippen LogP) is 5.53. The number of benzene rings is 2. The van der Waals surface area contributed by atoms with Crippen LogP contribution in [-0.4, -0.2) is 15.7 Å². The molecule has 1 aliphatic carbocycles. The first-order valence-corrected chi connectivity index (χ1v) is 9.20. The number of nitrogens with one attached hydrogen (secondary N) is 1. The van der Waals surface area contributed by atoms with E-state index in [0.717, 1.165) is 17.4 Å². The SMILES string of the molecule is O=C(Nc1ccc2c(c1)c(Cl)nn2CC1CCC1)c1c(F)cccc1Cl. The van der Waals surface area contributed by atoms with Gasteiger partial charge in [-0.2, -0.15) is 5.10 Å². The lowest BCUT2D eigenvalue weighted by molar-refractivity contribution is 0.102. The summed E-state index contributed by atoms with van der Waals surface area (Å²) in [6, 6.07) is 9.50. The van der Waals surface area contributed by atoms with Crippen LogP contribution < -0.4 is 5.32 Å². The first-order valence-electron chi connectivity index (χ1n) is 8.44. The number of carbonyl (C=O) groups is 1. The lowest BCUT2D eigenvalue weighted by atomic mass is 9.85. The van der Waals surface area contributed by atoms with E-state index in [1.165, 1.54) is 37.5 Å². The Labute approximate surface area is 159 Å². The molecule has 0 unspecified atom stereocenters. The number of fused-ring (bicyclic) bond motifs is 1. The van der Waals surface area contributed by atoms with E-state index in [1.807, 2.05) is 10.7 Å². The van der Waals surface area contributed by atoms with Crippen LogP contribution in [0.15, 0.2) is 36.4 Å². The maximum absolute atomic E-state index is 13.9. The molecule has 1 aromatic heterocycles. The topological polar surface area (TPSA) is 46.9 Å². The van der Waals surface area contributed by atoms with E-state index in [9.17, 15) is 9.18 Å². The van der Waals surface area contributed by atoms with Crippen molar-refractivity contribution in [3.63, 3.8) is 0 Å². The zero-order chi connectivity index (χ0) is 18.3. The highest BCUT2D eigenvalue weighted by Crippen LogP contribution is 2.32. The lowest BCUT2D eigenvalue weighted by Gasteiger charge is -2.25. The van der Waals surface area contributed by atoms with Gasteiger partial charge >= 0.3 is 0 Å². The monoisotopic (exact) mass is 391 g/mol. The fraction of sp³-hybridized carbons (Fsp3) is 0.263. The average Bonchev–Trinajstić information content (AvgIpc) is 2.86. The standard InChI is InChI=1S/C19H16Cl2FN3O/c20-14-5-2-6-15(22)17(14)19(26)23-12-7-8-16-13(9-12)18(21)24-25(16)10-11-3-1-4-11/h2,5-9,11H,1,3-4,10H2,(H,23,26). The van der Waals surface area contributed by atoms with Crippen LogP contribution in [0.3, 0.4) is 0 Å². The minimum absolute atomic E-state index is 0.0647. The highest BCUT2D eigenvalue weighted by atomic mass is 35.5. The summed E-state index contributed by atoms with van der Waals surface area (Å²) in [4.78, 5) is 12.4. The number of hydrogen-bond donors (Lipinski definition) is 1. The molecule has 4 nitrogen and oxygen atoms in total. The third kappa shape index (κ3) is 3.17. The summed E-state index contributed by atoms with van der Waals surface area (Å²) in [6.45, 7) is 0.847. The Morgan fingerprint density at radius 1 is 1.27 bits per heavy atom. The van der Waals surface area contributed by atoms with Crippen LogP contribution in [0.5, 0.6) is 0 Å². The molecule has 0 spiro atoms. The molecule has 2 aromatic carbocycles. The van der Waals surface area contributed by atoms with Gasteiger partial charge in [0.05, 0.1) is 16.1 Å². The molecule has 0 aliphatic heterocycles. The van der Waals surface area contributed by atoms with Crippen LogP contribution in [0.1, 0.15) is 29.6 Å². The van der Waals surface area contributed by atoms with E-state index in [0.29, 0.717) is 16.8 Å². The van der Waals surface area contributed by atoms with Crippen LogP contribution in [0.4, 0.5) is 10.1 Å². The lowest BCUT2D eigenvalue weighted by Crippen LogP contribution is -2.18. The summed E-state index contributed by atoms with van der Waals surface area (Å²) in [5.41, 5.74) is 1.25. The first kappa shape index (κ1) is 17.3. The molecule has 3 aromatic rings. The van der Waals surface area contributed by atoms with Gasteiger partial charge in [-0.15, -0.1) is 0 Å². The summed E-state index contributed by atoms with van der Waals surface area (Å²) in [7, 11) is 0. The van der Waals surface area contributed by atoms with Gasteiger partial charge in [-0.05, 0) is 49.1 Å². The maximum Gasteiger partial charge on any atom is 0.260 e. The van der Waals surface area contributed by atoms with Crippen molar-refractivity contribution in [2.45, 2.75) is 25.8 Å². The number of aromatic nitrogens is 2. The highest BCUT2D eigenvalue weighted by molar-refractivity contribution is 6.35. The van der Waals surface area contributed by atoms with Crippen molar-refractivity contribution in [2.24, 2.45) is 5.92 Å². The minimum Gasteiger partial charge on any atom is -0.322 e. The number of rotatable bonds is 4. The summed E-state index contributed by atoms with van der Waals surface area (Å²) in [5, 5.41) is 8.29. The van der Waals surface area contributed by atoms with Gasteiger partial charge in [-0.3, -0.25) is 9.48 Å². The smallest absolute Gasteiger partial charge is 0.260 e. The zero-order valence-corrected chi connectivity index (χ0v) is 15.3. The number of hydrogen-bond acceptors (Lipinski definition) is 2. The average molecular weight is 392 g/mol. The molecule has 0 radical (unpaired) electrons. The minimum atomic E-state index is -0.664. The summed E-state index contributed by atoms with van der Waals surface area (Å²) < 4.78 is 15.8. The summed E-state index contributed by atoms with van der Waals surface area (Å²) >= 11 is 12.2. The third-order valence-electron chi connectivity index (χ3n) is 4.81. The highest BCUT2D eigenvalue weighted by Gasteiger charge is 2.21. The third-order valence-corrected chi connectivity index (χ3v) is 5.40. The Morgan fingerprint density at radius 2 is 2.08 bits per heavy atom. The van der Waals surface area contributed by atoms with Gasteiger partial charge in [0.2, 0.25) is 0 Å². The number of carbonyl (C=O) groups excluding carboxylic acids is 1. The van der Waals surface area contributed by atoms with Gasteiger partial charge in [-0.25, -0.2) is 4.39 Å². The number of halogens is 3. The van der Waals surface area contributed by atoms with Crippen molar-refractivity contribution in [3.8, 4) is 0 Å². The van der Waals surface area contributed by atoms with E-state index in [1.54, 1.807) is 12.1 Å². The maximum atomic E-state index is 13.9. The molecule has 4 rings (SSSR count). The Hall–Kier alpha value is -2.11. The first-order chi connectivity index (χ1) is 12.5. The van der Waals surface area contributed by atoms with Gasteiger partial charge in [0.25, 0.3) is 5.91 Å². The zero-order valence-electron chi connectivity index (χ0n) is 13.8. The van der Waals surface area contributed by atoms with Crippen molar-refractivity contribution in [3.05, 3.63) is 58.0 Å². The molecule has 1 aliphatic rings. The molecular weight excluding hydrogens is 376 g/mol. The van der Waals surface area contributed by atoms with Crippen molar-refractivity contribution >= 4 is 45.7 Å². The van der Waals surface area contributed by atoms with Crippen molar-refractivity contribution in [1.82, 2.24) is 9.78 Å². The summed E-state index contributed by atoms with van der Waals surface area (Å²) in [5.74, 6) is -0.621. The van der Waals surface area contributed by atoms with Crippen molar-refractivity contribution < 1.29 is 9.18 Å². The molecule has 1 heterocycles. The van der Waals surface area contributed by atoms with E-state index in [4.69, 9.17) is 23.2 Å². The molecule has 134 valence electrons. The van der Waals surface area contributed by atoms with E-state index in [-0.39, 0.29) is 10.6 Å². The molecule has 0 saturated heterocycles. The Balaban J connectivity index is 1.61. The Morgan fingerprint density at radius 3 is 2.77 bits per heavy atom. The van der Waals surface area contributed by atoms with Crippen molar-refractivity contribution in [1.29, 1.82) is 0 Å². The molecule has 1 N–H and O–H groups in total. The molecule has 1 amide bonds. The van der Waals surface area contributed by atoms with Crippen LogP contribution in [0.2, 0.25) is 10.2 Å². The largest absolute Gasteiger partial charge is 0.322 e. The second-order valence-electron chi connectivity index (χ2n) is 6.55. The molecular formula is C19H16Cl2FN3O. The fourth-order valence-corrected chi connectivity index (χ4v) is 3.68. The molecule has 0 bridgehead atoms. The second kappa shape index (κ2) is 6.89. The van der Waals surface area contributed by atoms with Crippen LogP contribution >= 0.6 is 23.2 Å². The van der Waals surface area contributed by atoms with Crippen LogP contribution in [-0.2, 0) is 6.54 Å². The van der Waals surface area contributed by atoms with Gasteiger partial charge in [0, 0.05) is 17.6 Å². The molecule has 26 heavy (non-hydrogen) atoms. The van der Waals surface area contributed by atoms with Crippen molar-refractivity contribution in [2.75, 3.05) is 5.32 Å². The number of nitrogens with zero attached hydrogens (tertiary/aromatic N) is 2.